The molecule has 0 radical (unpaired) electrons. The van der Waals surface area contributed by atoms with Crippen LogP contribution >= 0.6 is 11.8 Å². The number of nitrogens with one attached hydrogen (secondary N) is 1. The van der Waals surface area contributed by atoms with Crippen LogP contribution in [0.25, 0.3) is 0 Å². The number of amides is 1. The molecule has 0 bridgehead atoms. The van der Waals surface area contributed by atoms with Gasteiger partial charge in [0.1, 0.15) is 0 Å². The molecule has 2 atom stereocenters. The van der Waals surface area contributed by atoms with Crippen molar-refractivity contribution < 1.29 is 4.79 Å². The van der Waals surface area contributed by atoms with E-state index in [1.807, 2.05) is 11.8 Å². The average Bonchev–Trinajstić information content (AvgIpc) is 2.79. The molecule has 0 aliphatic heterocycles. The summed E-state index contributed by atoms with van der Waals surface area (Å²) in [6, 6.07) is 0.349. The van der Waals surface area contributed by atoms with Crippen LogP contribution in [0.15, 0.2) is 0 Å². The second-order valence-electron chi connectivity index (χ2n) is 4.98. The maximum absolute atomic E-state index is 12.4. The molecule has 0 aromatic carbocycles. The van der Waals surface area contributed by atoms with Crippen LogP contribution in [0.3, 0.4) is 0 Å². The summed E-state index contributed by atoms with van der Waals surface area (Å²) in [5.41, 5.74) is 5.45. The number of rotatable bonds is 6. The predicted octanol–water partition coefficient (Wildman–Crippen LogP) is 2.15. The molecule has 0 aromatic rings. The van der Waals surface area contributed by atoms with Gasteiger partial charge in [-0.15, -0.1) is 0 Å². The topological polar surface area (TPSA) is 55.1 Å². The van der Waals surface area contributed by atoms with E-state index in [1.54, 1.807) is 0 Å². The van der Waals surface area contributed by atoms with E-state index in [0.29, 0.717) is 17.8 Å². The molecule has 3 nitrogen and oxygen atoms in total. The molecule has 3 N–H and O–H groups in total. The number of thioether (sulfide) groups is 1. The molecule has 0 saturated heterocycles. The van der Waals surface area contributed by atoms with Crippen LogP contribution in [0, 0.1) is 5.41 Å². The van der Waals surface area contributed by atoms with Crippen LogP contribution in [0.1, 0.15) is 46.0 Å². The molecule has 17 heavy (non-hydrogen) atoms. The SMILES string of the molecule is CCC(CC)(CN)C(=O)NC1CCCC1SC. The van der Waals surface area contributed by atoms with Gasteiger partial charge >= 0.3 is 0 Å². The fourth-order valence-corrected chi connectivity index (χ4v) is 3.58. The molecule has 0 heterocycles. The van der Waals surface area contributed by atoms with Crippen LogP contribution in [0.5, 0.6) is 0 Å². The van der Waals surface area contributed by atoms with Gasteiger partial charge in [-0.3, -0.25) is 4.79 Å². The van der Waals surface area contributed by atoms with Crippen molar-refractivity contribution in [3.05, 3.63) is 0 Å². The summed E-state index contributed by atoms with van der Waals surface area (Å²) in [5, 5.41) is 3.82. The Labute approximate surface area is 109 Å². The van der Waals surface area contributed by atoms with Gasteiger partial charge in [0.25, 0.3) is 0 Å². The van der Waals surface area contributed by atoms with Gasteiger partial charge in [-0.2, -0.15) is 11.8 Å². The third-order valence-corrected chi connectivity index (χ3v) is 5.47. The largest absolute Gasteiger partial charge is 0.352 e. The normalized spacial score (nSPS) is 24.9. The van der Waals surface area contributed by atoms with Crippen molar-refractivity contribution in [3.63, 3.8) is 0 Å². The van der Waals surface area contributed by atoms with E-state index < -0.39 is 0 Å². The summed E-state index contributed by atoms with van der Waals surface area (Å²) < 4.78 is 0. The first kappa shape index (κ1) is 14.8. The zero-order valence-corrected chi connectivity index (χ0v) is 12.1. The van der Waals surface area contributed by atoms with E-state index in [1.165, 1.54) is 12.8 Å². The lowest BCUT2D eigenvalue weighted by atomic mass is 9.81. The highest BCUT2D eigenvalue weighted by atomic mass is 32.2. The molecule has 0 spiro atoms. The zero-order chi connectivity index (χ0) is 12.9. The van der Waals surface area contributed by atoms with E-state index in [2.05, 4.69) is 25.4 Å². The van der Waals surface area contributed by atoms with E-state index in [-0.39, 0.29) is 11.3 Å². The van der Waals surface area contributed by atoms with E-state index in [4.69, 9.17) is 5.73 Å². The fourth-order valence-electron chi connectivity index (χ4n) is 2.65. The Bertz CT molecular complexity index is 246. The van der Waals surface area contributed by atoms with Crippen LogP contribution in [0.4, 0.5) is 0 Å². The summed E-state index contributed by atoms with van der Waals surface area (Å²) in [6.07, 6.45) is 7.34. The molecule has 1 rings (SSSR count). The van der Waals surface area contributed by atoms with Crippen LogP contribution in [0.2, 0.25) is 0 Å². The standard InChI is InChI=1S/C13H26N2OS/c1-4-13(5-2,9-14)12(16)15-10-7-6-8-11(10)17-3/h10-11H,4-9,14H2,1-3H3,(H,15,16). The van der Waals surface area contributed by atoms with Gasteiger partial charge in [-0.25, -0.2) is 0 Å². The highest BCUT2D eigenvalue weighted by Gasteiger charge is 2.36. The molecule has 4 heteroatoms. The fraction of sp³-hybridized carbons (Fsp3) is 0.923. The lowest BCUT2D eigenvalue weighted by molar-refractivity contribution is -0.131. The molecule has 0 aromatic heterocycles. The number of hydrogen-bond donors (Lipinski definition) is 2. The Kier molecular flexibility index (Phi) is 5.80. The maximum Gasteiger partial charge on any atom is 0.227 e. The third-order valence-electron chi connectivity index (χ3n) is 4.30. The minimum atomic E-state index is -0.356. The van der Waals surface area contributed by atoms with Crippen molar-refractivity contribution in [1.82, 2.24) is 5.32 Å². The molecule has 100 valence electrons. The molecule has 1 aliphatic rings. The maximum atomic E-state index is 12.4. The molecule has 1 aliphatic carbocycles. The minimum Gasteiger partial charge on any atom is -0.352 e. The molecular weight excluding hydrogens is 232 g/mol. The summed E-state index contributed by atoms with van der Waals surface area (Å²) in [5.74, 6) is 0.163. The molecule has 2 unspecified atom stereocenters. The summed E-state index contributed by atoms with van der Waals surface area (Å²) >= 11 is 1.87. The Morgan fingerprint density at radius 3 is 2.53 bits per heavy atom. The average molecular weight is 258 g/mol. The second kappa shape index (κ2) is 6.64. The van der Waals surface area contributed by atoms with Crippen molar-refractivity contribution in [2.45, 2.75) is 57.2 Å². The van der Waals surface area contributed by atoms with E-state index in [9.17, 15) is 4.79 Å². The number of carbonyl (C=O) groups is 1. The van der Waals surface area contributed by atoms with Crippen molar-refractivity contribution in [2.75, 3.05) is 12.8 Å². The van der Waals surface area contributed by atoms with Gasteiger partial charge < -0.3 is 11.1 Å². The van der Waals surface area contributed by atoms with Gasteiger partial charge in [0, 0.05) is 17.8 Å². The van der Waals surface area contributed by atoms with Crippen molar-refractivity contribution in [1.29, 1.82) is 0 Å². The number of hydrogen-bond acceptors (Lipinski definition) is 3. The Morgan fingerprint density at radius 2 is 2.06 bits per heavy atom. The van der Waals surface area contributed by atoms with Gasteiger partial charge in [0.05, 0.1) is 5.41 Å². The second-order valence-corrected chi connectivity index (χ2v) is 6.05. The van der Waals surface area contributed by atoms with Crippen LogP contribution in [-0.4, -0.2) is 30.0 Å². The van der Waals surface area contributed by atoms with E-state index >= 15 is 0 Å². The zero-order valence-electron chi connectivity index (χ0n) is 11.3. The number of carbonyl (C=O) groups excluding carboxylic acids is 1. The molecule has 1 saturated carbocycles. The summed E-state index contributed by atoms with van der Waals surface area (Å²) in [7, 11) is 0. The van der Waals surface area contributed by atoms with Crippen LogP contribution < -0.4 is 11.1 Å². The van der Waals surface area contributed by atoms with Crippen molar-refractivity contribution in [2.24, 2.45) is 11.1 Å². The predicted molar refractivity (Wildman–Crippen MR) is 75.2 cm³/mol. The molecule has 1 amide bonds. The lowest BCUT2D eigenvalue weighted by Crippen LogP contribution is -2.50. The molecular formula is C13H26N2OS. The smallest absolute Gasteiger partial charge is 0.227 e. The Balaban J connectivity index is 2.63. The van der Waals surface area contributed by atoms with E-state index in [0.717, 1.165) is 19.3 Å². The van der Waals surface area contributed by atoms with Gasteiger partial charge in [-0.05, 0) is 31.9 Å². The molecule has 1 fully saturated rings. The summed E-state index contributed by atoms with van der Waals surface area (Å²) in [4.78, 5) is 12.4. The third kappa shape index (κ3) is 3.16. The quantitative estimate of drug-likeness (QED) is 0.767. The summed E-state index contributed by atoms with van der Waals surface area (Å²) in [6.45, 7) is 4.55. The first-order chi connectivity index (χ1) is 8.13. The first-order valence-corrected chi connectivity index (χ1v) is 7.96. The van der Waals surface area contributed by atoms with Crippen LogP contribution in [-0.2, 0) is 4.79 Å². The highest BCUT2D eigenvalue weighted by Crippen LogP contribution is 2.31. The Morgan fingerprint density at radius 1 is 1.41 bits per heavy atom. The lowest BCUT2D eigenvalue weighted by Gasteiger charge is -2.31. The highest BCUT2D eigenvalue weighted by molar-refractivity contribution is 7.99. The minimum absolute atomic E-state index is 0.163. The van der Waals surface area contributed by atoms with Gasteiger partial charge in [0.15, 0.2) is 0 Å². The monoisotopic (exact) mass is 258 g/mol. The van der Waals surface area contributed by atoms with Gasteiger partial charge in [-0.1, -0.05) is 20.3 Å². The number of nitrogens with two attached hydrogens (primary N) is 1. The van der Waals surface area contributed by atoms with Gasteiger partial charge in [0.2, 0.25) is 5.91 Å². The van der Waals surface area contributed by atoms with Crippen molar-refractivity contribution in [3.8, 4) is 0 Å². The van der Waals surface area contributed by atoms with Crippen molar-refractivity contribution >= 4 is 17.7 Å². The Hall–Kier alpha value is -0.220. The first-order valence-electron chi connectivity index (χ1n) is 6.67.